The summed E-state index contributed by atoms with van der Waals surface area (Å²) in [5, 5.41) is 9.86. The van der Waals surface area contributed by atoms with Gasteiger partial charge in [0.1, 0.15) is 16.4 Å². The van der Waals surface area contributed by atoms with Crippen molar-refractivity contribution in [3.63, 3.8) is 0 Å². The molecule has 2 rings (SSSR count). The van der Waals surface area contributed by atoms with Crippen LogP contribution in [0.4, 0.5) is 0 Å². The molecule has 0 atom stereocenters. The Morgan fingerprint density at radius 2 is 1.80 bits per heavy atom. The smallest absolute Gasteiger partial charge is 0.196 e. The molecule has 0 unspecified atom stereocenters. The average Bonchev–Trinajstić information content (AvgIpc) is 2.46. The molecule has 1 N–H and O–H groups in total. The Bertz CT molecular complexity index is 712. The molecule has 104 valence electrons. The van der Waals surface area contributed by atoms with Gasteiger partial charge >= 0.3 is 0 Å². The summed E-state index contributed by atoms with van der Waals surface area (Å²) < 4.78 is 27.2. The van der Waals surface area contributed by atoms with Crippen LogP contribution in [0.3, 0.4) is 0 Å². The lowest BCUT2D eigenvalue weighted by Gasteiger charge is -2.08. The minimum absolute atomic E-state index is 0.00298. The standard InChI is InChI=1S/C14H12O5S/c1-19-12-8-11(15)10(7-13(12)20(17)18)14(16)9-5-3-2-4-6-9/h2-8,15,20H,1H3. The molecule has 5 nitrogen and oxygen atoms in total. The normalized spacial score (nSPS) is 10.5. The van der Waals surface area contributed by atoms with Crippen LogP contribution in [0.2, 0.25) is 0 Å². The topological polar surface area (TPSA) is 80.7 Å². The number of aromatic hydroxyl groups is 1. The molecule has 2 aromatic carbocycles. The molecule has 2 aromatic rings. The molecule has 0 aliphatic heterocycles. The van der Waals surface area contributed by atoms with Crippen LogP contribution in [-0.4, -0.2) is 26.4 Å². The van der Waals surface area contributed by atoms with Crippen molar-refractivity contribution in [3.8, 4) is 11.5 Å². The molecule has 0 saturated heterocycles. The lowest BCUT2D eigenvalue weighted by molar-refractivity contribution is 0.103. The number of benzene rings is 2. The summed E-state index contributed by atoms with van der Waals surface area (Å²) >= 11 is 0. The molecule has 0 heterocycles. The van der Waals surface area contributed by atoms with Crippen LogP contribution in [0.25, 0.3) is 0 Å². The minimum atomic E-state index is -2.93. The number of carbonyl (C=O) groups is 1. The highest BCUT2D eigenvalue weighted by Gasteiger charge is 2.18. The number of thiol groups is 1. The zero-order chi connectivity index (χ0) is 14.7. The highest BCUT2D eigenvalue weighted by molar-refractivity contribution is 7.72. The van der Waals surface area contributed by atoms with E-state index in [1.54, 1.807) is 30.3 Å². The van der Waals surface area contributed by atoms with Crippen LogP contribution in [0, 0.1) is 0 Å². The van der Waals surface area contributed by atoms with E-state index in [4.69, 9.17) is 4.74 Å². The van der Waals surface area contributed by atoms with E-state index >= 15 is 0 Å². The van der Waals surface area contributed by atoms with Crippen LogP contribution in [0.5, 0.6) is 11.5 Å². The summed E-state index contributed by atoms with van der Waals surface area (Å²) in [4.78, 5) is 12.1. The first-order valence-corrected chi connectivity index (χ1v) is 6.87. The van der Waals surface area contributed by atoms with Crippen LogP contribution < -0.4 is 4.74 Å². The van der Waals surface area contributed by atoms with Gasteiger partial charge in [0.05, 0.1) is 12.7 Å². The van der Waals surface area contributed by atoms with Gasteiger partial charge in [0.2, 0.25) is 0 Å². The number of carbonyl (C=O) groups excluding carboxylic acids is 1. The molecule has 0 spiro atoms. The fraction of sp³-hybridized carbons (Fsp3) is 0.0714. The van der Waals surface area contributed by atoms with Gasteiger partial charge in [-0.05, 0) is 6.07 Å². The summed E-state index contributed by atoms with van der Waals surface area (Å²) in [6.45, 7) is 0. The van der Waals surface area contributed by atoms with Gasteiger partial charge in [0.15, 0.2) is 16.5 Å². The van der Waals surface area contributed by atoms with Crippen molar-refractivity contribution in [1.82, 2.24) is 0 Å². The predicted octanol–water partition coefficient (Wildman–Crippen LogP) is 1.60. The maximum atomic E-state index is 12.2. The van der Waals surface area contributed by atoms with E-state index < -0.39 is 16.5 Å². The van der Waals surface area contributed by atoms with Gasteiger partial charge in [-0.15, -0.1) is 0 Å². The minimum Gasteiger partial charge on any atom is -0.507 e. The average molecular weight is 292 g/mol. The number of hydrogen-bond donors (Lipinski definition) is 2. The molecule has 0 amide bonds. The van der Waals surface area contributed by atoms with Gasteiger partial charge < -0.3 is 9.84 Å². The highest BCUT2D eigenvalue weighted by Crippen LogP contribution is 2.30. The summed E-state index contributed by atoms with van der Waals surface area (Å²) in [5.41, 5.74) is 0.284. The fourth-order valence-corrected chi connectivity index (χ4v) is 2.36. The lowest BCUT2D eigenvalue weighted by Crippen LogP contribution is -2.03. The summed E-state index contributed by atoms with van der Waals surface area (Å²) in [7, 11) is -1.65. The Morgan fingerprint density at radius 3 is 2.35 bits per heavy atom. The first kappa shape index (κ1) is 14.1. The van der Waals surface area contributed by atoms with Gasteiger partial charge in [-0.2, -0.15) is 0 Å². The first-order chi connectivity index (χ1) is 9.54. The Labute approximate surface area is 117 Å². The molecule has 0 saturated carbocycles. The second-order valence-corrected chi connectivity index (χ2v) is 4.99. The van der Waals surface area contributed by atoms with Gasteiger partial charge in [-0.1, -0.05) is 30.3 Å². The Morgan fingerprint density at radius 1 is 1.15 bits per heavy atom. The second-order valence-electron chi connectivity index (χ2n) is 3.99. The van der Waals surface area contributed by atoms with E-state index in [1.165, 1.54) is 7.11 Å². The number of rotatable bonds is 4. The Balaban J connectivity index is 2.58. The van der Waals surface area contributed by atoms with Gasteiger partial charge in [0.25, 0.3) is 0 Å². The number of ketones is 1. The summed E-state index contributed by atoms with van der Waals surface area (Å²) in [6, 6.07) is 10.5. The summed E-state index contributed by atoms with van der Waals surface area (Å²) in [6.07, 6.45) is 0. The van der Waals surface area contributed by atoms with Crippen molar-refractivity contribution >= 4 is 16.5 Å². The predicted molar refractivity (Wildman–Crippen MR) is 73.1 cm³/mol. The molecule has 0 aliphatic rings. The first-order valence-electron chi connectivity index (χ1n) is 5.69. The zero-order valence-electron chi connectivity index (χ0n) is 10.6. The lowest BCUT2D eigenvalue weighted by atomic mass is 10.0. The van der Waals surface area contributed by atoms with E-state index in [0.29, 0.717) is 5.56 Å². The van der Waals surface area contributed by atoms with Crippen LogP contribution in [0.15, 0.2) is 47.4 Å². The maximum absolute atomic E-state index is 12.2. The monoisotopic (exact) mass is 292 g/mol. The number of phenolic OH excluding ortho intramolecular Hbond substituents is 1. The molecule has 0 fully saturated rings. The van der Waals surface area contributed by atoms with E-state index in [-0.39, 0.29) is 22.0 Å². The second kappa shape index (κ2) is 5.75. The summed E-state index contributed by atoms with van der Waals surface area (Å²) in [5.74, 6) is -0.775. The van der Waals surface area contributed by atoms with Crippen molar-refractivity contribution in [1.29, 1.82) is 0 Å². The fourth-order valence-electron chi connectivity index (χ4n) is 1.79. The largest absolute Gasteiger partial charge is 0.507 e. The molecular weight excluding hydrogens is 280 g/mol. The highest BCUT2D eigenvalue weighted by atomic mass is 32.2. The number of hydrogen-bond acceptors (Lipinski definition) is 5. The van der Waals surface area contributed by atoms with Crippen LogP contribution in [-0.2, 0) is 10.7 Å². The zero-order valence-corrected chi connectivity index (χ0v) is 11.5. The third-order valence-corrected chi connectivity index (χ3v) is 3.52. The number of methoxy groups -OCH3 is 1. The SMILES string of the molecule is COc1cc(O)c(C(=O)c2ccccc2)cc1[SH](=O)=O. The van der Waals surface area contributed by atoms with Crippen LogP contribution in [0.1, 0.15) is 15.9 Å². The molecule has 0 bridgehead atoms. The molecule has 0 aliphatic carbocycles. The maximum Gasteiger partial charge on any atom is 0.196 e. The van der Waals surface area contributed by atoms with E-state index in [9.17, 15) is 18.3 Å². The van der Waals surface area contributed by atoms with Crippen molar-refractivity contribution < 1.29 is 23.1 Å². The molecule has 6 heteroatoms. The Kier molecular flexibility index (Phi) is 4.05. The van der Waals surface area contributed by atoms with Crippen molar-refractivity contribution in [3.05, 3.63) is 53.6 Å². The number of ether oxygens (including phenoxy) is 1. The van der Waals surface area contributed by atoms with Crippen molar-refractivity contribution in [2.75, 3.05) is 7.11 Å². The number of phenols is 1. The Hall–Kier alpha value is -2.34. The van der Waals surface area contributed by atoms with Gasteiger partial charge in [0, 0.05) is 11.6 Å². The third kappa shape index (κ3) is 2.65. The van der Waals surface area contributed by atoms with Crippen molar-refractivity contribution in [2.45, 2.75) is 4.90 Å². The third-order valence-electron chi connectivity index (χ3n) is 2.77. The van der Waals surface area contributed by atoms with E-state index in [0.717, 1.165) is 12.1 Å². The van der Waals surface area contributed by atoms with Gasteiger partial charge in [-0.3, -0.25) is 4.79 Å². The van der Waals surface area contributed by atoms with E-state index in [2.05, 4.69) is 0 Å². The molecule has 0 aromatic heterocycles. The molecule has 20 heavy (non-hydrogen) atoms. The quantitative estimate of drug-likeness (QED) is 0.661. The molecule has 0 radical (unpaired) electrons. The molecular formula is C14H12O5S. The van der Waals surface area contributed by atoms with E-state index in [1.807, 2.05) is 0 Å². The van der Waals surface area contributed by atoms with Gasteiger partial charge in [-0.25, -0.2) is 8.42 Å². The van der Waals surface area contributed by atoms with Crippen molar-refractivity contribution in [2.24, 2.45) is 0 Å². The van der Waals surface area contributed by atoms with Crippen LogP contribution >= 0.6 is 0 Å².